The quantitative estimate of drug-likeness (QED) is 0.137. The number of carbonyl (C=O) groups excluding carboxylic acids is 1. The second kappa shape index (κ2) is 12.9. The number of thioether (sulfide) groups is 1. The second-order valence-electron chi connectivity index (χ2n) is 8.72. The molecule has 0 atom stereocenters. The van der Waals surface area contributed by atoms with Crippen LogP contribution in [-0.2, 0) is 17.9 Å². The van der Waals surface area contributed by atoms with Gasteiger partial charge in [-0.3, -0.25) is 9.69 Å². The second-order valence-corrected chi connectivity index (χ2v) is 9.72. The van der Waals surface area contributed by atoms with E-state index >= 15 is 0 Å². The van der Waals surface area contributed by atoms with Gasteiger partial charge in [0.15, 0.2) is 16.7 Å². The van der Waals surface area contributed by atoms with Gasteiger partial charge >= 0.3 is 0 Å². The molecule has 2 heterocycles. The predicted octanol–water partition coefficient (Wildman–Crippen LogP) is 6.47. The zero-order valence-electron chi connectivity index (χ0n) is 21.8. The van der Waals surface area contributed by atoms with Gasteiger partial charge in [-0.2, -0.15) is 5.10 Å². The van der Waals surface area contributed by atoms with Crippen molar-refractivity contribution in [2.75, 3.05) is 6.61 Å². The molecule has 0 bridgehead atoms. The third kappa shape index (κ3) is 6.81. The molecule has 202 valence electrons. The first-order valence-electron chi connectivity index (χ1n) is 12.7. The van der Waals surface area contributed by atoms with Crippen molar-refractivity contribution in [1.82, 2.24) is 4.90 Å². The molecule has 1 amide bonds. The highest BCUT2D eigenvalue weighted by Gasteiger charge is 2.34. The Morgan fingerprint density at radius 2 is 1.85 bits per heavy atom. The molecule has 0 saturated carbocycles. The van der Waals surface area contributed by atoms with Crippen LogP contribution in [0.15, 0.2) is 111 Å². The summed E-state index contributed by atoms with van der Waals surface area (Å²) in [5.74, 6) is 1.55. The van der Waals surface area contributed by atoms with Gasteiger partial charge in [0.25, 0.3) is 5.91 Å². The molecule has 9 heteroatoms. The molecule has 1 fully saturated rings. The van der Waals surface area contributed by atoms with E-state index in [1.807, 2.05) is 67.6 Å². The van der Waals surface area contributed by atoms with Crippen molar-refractivity contribution in [1.29, 1.82) is 0 Å². The third-order valence-electron chi connectivity index (χ3n) is 5.82. The van der Waals surface area contributed by atoms with Crippen molar-refractivity contribution in [3.05, 3.63) is 119 Å². The molecule has 1 N–H and O–H groups in total. The number of amides is 1. The van der Waals surface area contributed by atoms with Crippen LogP contribution in [0.5, 0.6) is 17.2 Å². The summed E-state index contributed by atoms with van der Waals surface area (Å²) >= 11 is 1.24. The number of benzene rings is 3. The Labute approximate surface area is 236 Å². The number of nitrogens with zero attached hydrogens (tertiary/aromatic N) is 3. The van der Waals surface area contributed by atoms with Crippen LogP contribution in [0.4, 0.5) is 0 Å². The van der Waals surface area contributed by atoms with Gasteiger partial charge in [-0.15, -0.1) is 5.10 Å². The Bertz CT molecular complexity index is 1550. The lowest BCUT2D eigenvalue weighted by Crippen LogP contribution is -2.28. The minimum atomic E-state index is -0.200. The van der Waals surface area contributed by atoms with Crippen LogP contribution in [0.25, 0.3) is 6.08 Å². The summed E-state index contributed by atoms with van der Waals surface area (Å²) in [6.45, 7) is 2.94. The summed E-state index contributed by atoms with van der Waals surface area (Å²) in [6.07, 6.45) is 4.93. The number of carbonyl (C=O) groups is 1. The van der Waals surface area contributed by atoms with E-state index in [1.165, 1.54) is 22.7 Å². The number of aromatic hydroxyl groups is 1. The summed E-state index contributed by atoms with van der Waals surface area (Å²) in [4.78, 5) is 15.5. The molecule has 40 heavy (non-hydrogen) atoms. The van der Waals surface area contributed by atoms with Crippen molar-refractivity contribution >= 4 is 35.1 Å². The van der Waals surface area contributed by atoms with Gasteiger partial charge in [0, 0.05) is 0 Å². The molecule has 1 aromatic heterocycles. The van der Waals surface area contributed by atoms with Crippen molar-refractivity contribution in [3.8, 4) is 17.2 Å². The molecule has 0 unspecified atom stereocenters. The molecule has 4 aromatic rings. The van der Waals surface area contributed by atoms with Crippen LogP contribution in [0, 0.1) is 0 Å². The fraction of sp³-hybridized carbons (Fsp3) is 0.129. The van der Waals surface area contributed by atoms with Crippen molar-refractivity contribution in [2.45, 2.75) is 20.1 Å². The number of hydrogen-bond acceptors (Lipinski definition) is 8. The Kier molecular flexibility index (Phi) is 8.63. The zero-order chi connectivity index (χ0) is 27.7. The topological polar surface area (TPSA) is 96.9 Å². The highest BCUT2D eigenvalue weighted by Crippen LogP contribution is 2.34. The fourth-order valence-electron chi connectivity index (χ4n) is 3.89. The maximum absolute atomic E-state index is 13.4. The molecule has 8 nitrogen and oxygen atoms in total. The smallest absolute Gasteiger partial charge is 0.267 e. The van der Waals surface area contributed by atoms with Crippen LogP contribution < -0.4 is 9.47 Å². The van der Waals surface area contributed by atoms with Crippen LogP contribution >= 0.6 is 11.8 Å². The summed E-state index contributed by atoms with van der Waals surface area (Å²) in [7, 11) is 0. The number of hydrogen-bond donors (Lipinski definition) is 1. The lowest BCUT2D eigenvalue weighted by Gasteiger charge is -2.12. The Morgan fingerprint density at radius 1 is 0.975 bits per heavy atom. The van der Waals surface area contributed by atoms with Gasteiger partial charge in [0.1, 0.15) is 18.1 Å². The van der Waals surface area contributed by atoms with E-state index in [0.717, 1.165) is 11.1 Å². The standard InChI is InChI=1S/C31H27N3O5S/c1-2-37-28-17-24(13-14-27(28)35)19-32-33-31-34(20-26-12-7-15-38-26)30(36)29(40-31)18-23-10-6-11-25(16-23)39-21-22-8-4-3-5-9-22/h3-19,35H,2,20-21H2,1H3/b29-18-,32-19-,33-31+. The summed E-state index contributed by atoms with van der Waals surface area (Å²) in [6, 6.07) is 26.0. The van der Waals surface area contributed by atoms with Crippen LogP contribution in [0.2, 0.25) is 0 Å². The van der Waals surface area contributed by atoms with Crippen LogP contribution in [0.3, 0.4) is 0 Å². The first kappa shape index (κ1) is 26.8. The van der Waals surface area contributed by atoms with Gasteiger partial charge in [0.05, 0.1) is 30.5 Å². The van der Waals surface area contributed by atoms with Gasteiger partial charge in [-0.1, -0.05) is 42.5 Å². The summed E-state index contributed by atoms with van der Waals surface area (Å²) < 4.78 is 16.9. The third-order valence-corrected chi connectivity index (χ3v) is 6.82. The number of amidine groups is 1. The molecule has 1 aliphatic heterocycles. The number of ether oxygens (including phenoxy) is 2. The normalized spacial score (nSPS) is 15.4. The van der Waals surface area contributed by atoms with Crippen molar-refractivity contribution in [3.63, 3.8) is 0 Å². The average molecular weight is 554 g/mol. The van der Waals surface area contributed by atoms with Gasteiger partial charge < -0.3 is 19.0 Å². The maximum atomic E-state index is 13.4. The van der Waals surface area contributed by atoms with Crippen molar-refractivity contribution in [2.24, 2.45) is 10.2 Å². The Hall–Kier alpha value is -4.76. The average Bonchev–Trinajstić information content (AvgIpc) is 3.59. The lowest BCUT2D eigenvalue weighted by molar-refractivity contribution is -0.122. The summed E-state index contributed by atoms with van der Waals surface area (Å²) in [5.41, 5.74) is 2.60. The van der Waals surface area contributed by atoms with Gasteiger partial charge in [-0.25, -0.2) is 0 Å². The summed E-state index contributed by atoms with van der Waals surface area (Å²) in [5, 5.41) is 18.9. The molecular formula is C31H27N3O5S. The highest BCUT2D eigenvalue weighted by molar-refractivity contribution is 8.18. The molecule has 0 spiro atoms. The molecule has 1 aliphatic rings. The van der Waals surface area contributed by atoms with Gasteiger partial charge in [-0.05, 0) is 83.9 Å². The fourth-order valence-corrected chi connectivity index (χ4v) is 4.83. The van der Waals surface area contributed by atoms with E-state index in [2.05, 4.69) is 10.2 Å². The Balaban J connectivity index is 1.36. The largest absolute Gasteiger partial charge is 0.504 e. The lowest BCUT2D eigenvalue weighted by atomic mass is 10.2. The monoisotopic (exact) mass is 553 g/mol. The highest BCUT2D eigenvalue weighted by atomic mass is 32.2. The first-order chi connectivity index (χ1) is 19.6. The Morgan fingerprint density at radius 3 is 2.65 bits per heavy atom. The molecule has 3 aromatic carbocycles. The van der Waals surface area contributed by atoms with Crippen LogP contribution in [-0.4, -0.2) is 33.9 Å². The minimum Gasteiger partial charge on any atom is -0.504 e. The van der Waals surface area contributed by atoms with E-state index < -0.39 is 0 Å². The van der Waals surface area contributed by atoms with E-state index in [9.17, 15) is 9.90 Å². The maximum Gasteiger partial charge on any atom is 0.267 e. The van der Waals surface area contributed by atoms with E-state index in [1.54, 1.807) is 36.7 Å². The number of furan rings is 1. The number of phenols is 1. The van der Waals surface area contributed by atoms with Crippen molar-refractivity contribution < 1.29 is 23.8 Å². The molecule has 1 saturated heterocycles. The van der Waals surface area contributed by atoms with E-state index in [4.69, 9.17) is 13.9 Å². The van der Waals surface area contributed by atoms with E-state index in [-0.39, 0.29) is 18.2 Å². The first-order valence-corrected chi connectivity index (χ1v) is 13.5. The number of phenolic OH excluding ortho intramolecular Hbond substituents is 1. The molecular weight excluding hydrogens is 526 g/mol. The molecule has 5 rings (SSSR count). The zero-order valence-corrected chi connectivity index (χ0v) is 22.6. The number of rotatable bonds is 10. The van der Waals surface area contributed by atoms with E-state index in [0.29, 0.717) is 46.1 Å². The SMILES string of the molecule is CCOc1cc(/C=N\N=C2\S/C(=C\c3cccc(OCc4ccccc4)c3)C(=O)N2Cc2ccco2)ccc1O. The molecule has 0 radical (unpaired) electrons. The minimum absolute atomic E-state index is 0.0520. The molecule has 0 aliphatic carbocycles. The predicted molar refractivity (Wildman–Crippen MR) is 156 cm³/mol. The van der Waals surface area contributed by atoms with Crippen LogP contribution in [0.1, 0.15) is 29.4 Å². The van der Waals surface area contributed by atoms with Gasteiger partial charge in [0.2, 0.25) is 0 Å².